The van der Waals surface area contributed by atoms with Gasteiger partial charge in [0.2, 0.25) is 5.13 Å². The number of aliphatic hydroxyl groups excluding tert-OH is 1. The Morgan fingerprint density at radius 3 is 2.41 bits per heavy atom. The molecule has 0 unspecified atom stereocenters. The van der Waals surface area contributed by atoms with E-state index in [1.165, 1.54) is 10.4 Å². The molecule has 1 aliphatic heterocycles. The predicted molar refractivity (Wildman–Crippen MR) is 102 cm³/mol. The van der Waals surface area contributed by atoms with Gasteiger partial charge >= 0.3 is 5.91 Å². The minimum atomic E-state index is -0.765. The zero-order valence-electron chi connectivity index (χ0n) is 14.4. The Kier molecular flexibility index (Phi) is 4.29. The van der Waals surface area contributed by atoms with Crippen molar-refractivity contribution in [3.05, 3.63) is 82.4 Å². The minimum Gasteiger partial charge on any atom is -0.507 e. The SMILES string of the molecule is Cc1ccc([C@@H]2/C(=C(\O)c3ccccc3)C(=O)C(=O)N2c2nncs2)cc1. The van der Waals surface area contributed by atoms with E-state index >= 15 is 0 Å². The average molecular weight is 377 g/mol. The Hall–Kier alpha value is -3.32. The van der Waals surface area contributed by atoms with E-state index in [0.717, 1.165) is 16.9 Å². The van der Waals surface area contributed by atoms with Crippen molar-refractivity contribution in [1.29, 1.82) is 0 Å². The summed E-state index contributed by atoms with van der Waals surface area (Å²) in [5.41, 5.74) is 3.79. The van der Waals surface area contributed by atoms with Gasteiger partial charge in [-0.3, -0.25) is 14.5 Å². The fourth-order valence-electron chi connectivity index (χ4n) is 3.12. The van der Waals surface area contributed by atoms with Crippen molar-refractivity contribution in [1.82, 2.24) is 10.2 Å². The largest absolute Gasteiger partial charge is 0.507 e. The van der Waals surface area contributed by atoms with Crippen LogP contribution in [0.1, 0.15) is 22.7 Å². The summed E-state index contributed by atoms with van der Waals surface area (Å²) in [4.78, 5) is 26.9. The summed E-state index contributed by atoms with van der Waals surface area (Å²) in [6, 6.07) is 15.5. The van der Waals surface area contributed by atoms with Crippen molar-refractivity contribution in [2.75, 3.05) is 4.90 Å². The average Bonchev–Trinajstić information content (AvgIpc) is 3.30. The first-order valence-corrected chi connectivity index (χ1v) is 9.15. The molecule has 7 heteroatoms. The van der Waals surface area contributed by atoms with Crippen LogP contribution < -0.4 is 4.90 Å². The standard InChI is InChI=1S/C20H15N3O3S/c1-12-7-9-13(10-8-12)16-15(17(24)14-5-3-2-4-6-14)18(25)19(26)23(16)20-22-21-11-27-20/h2-11,16,24H,1H3/b17-15+/t16-/m1/s1. The van der Waals surface area contributed by atoms with Crippen molar-refractivity contribution in [2.24, 2.45) is 0 Å². The maximum Gasteiger partial charge on any atom is 0.301 e. The van der Waals surface area contributed by atoms with Crippen LogP contribution in [0.2, 0.25) is 0 Å². The van der Waals surface area contributed by atoms with Crippen LogP contribution in [0.5, 0.6) is 0 Å². The van der Waals surface area contributed by atoms with Crippen molar-refractivity contribution < 1.29 is 14.7 Å². The molecule has 134 valence electrons. The van der Waals surface area contributed by atoms with Crippen LogP contribution in [0.4, 0.5) is 5.13 Å². The molecule has 0 spiro atoms. The number of benzene rings is 2. The Bertz CT molecular complexity index is 1030. The van der Waals surface area contributed by atoms with E-state index < -0.39 is 17.7 Å². The first-order chi connectivity index (χ1) is 13.1. The molecule has 0 saturated carbocycles. The van der Waals surface area contributed by atoms with Crippen molar-refractivity contribution in [3.8, 4) is 0 Å². The molecule has 0 radical (unpaired) electrons. The van der Waals surface area contributed by atoms with E-state index in [1.54, 1.807) is 24.3 Å². The molecule has 1 saturated heterocycles. The smallest absolute Gasteiger partial charge is 0.301 e. The molecule has 1 N–H and O–H groups in total. The molecule has 0 bridgehead atoms. The molecule has 1 aliphatic rings. The summed E-state index contributed by atoms with van der Waals surface area (Å²) in [5, 5.41) is 18.9. The van der Waals surface area contributed by atoms with Gasteiger partial charge in [-0.25, -0.2) is 0 Å². The highest BCUT2D eigenvalue weighted by atomic mass is 32.1. The number of aliphatic hydroxyl groups is 1. The van der Waals surface area contributed by atoms with Crippen molar-refractivity contribution in [2.45, 2.75) is 13.0 Å². The minimum absolute atomic E-state index is 0.0465. The van der Waals surface area contributed by atoms with Crippen LogP contribution in [0.25, 0.3) is 5.76 Å². The molecule has 1 fully saturated rings. The van der Waals surface area contributed by atoms with Gasteiger partial charge < -0.3 is 5.11 Å². The van der Waals surface area contributed by atoms with Crippen LogP contribution in [0, 0.1) is 6.92 Å². The fourth-order valence-corrected chi connectivity index (χ4v) is 3.70. The molecule has 2 heterocycles. The lowest BCUT2D eigenvalue weighted by Crippen LogP contribution is -2.29. The zero-order valence-corrected chi connectivity index (χ0v) is 15.2. The predicted octanol–water partition coefficient (Wildman–Crippen LogP) is 3.47. The third-order valence-electron chi connectivity index (χ3n) is 4.44. The van der Waals surface area contributed by atoms with Gasteiger partial charge in [-0.15, -0.1) is 10.2 Å². The molecule has 4 rings (SSSR count). The van der Waals surface area contributed by atoms with Gasteiger partial charge in [0, 0.05) is 5.56 Å². The van der Waals surface area contributed by atoms with Crippen molar-refractivity contribution in [3.63, 3.8) is 0 Å². The number of nitrogens with zero attached hydrogens (tertiary/aromatic N) is 3. The summed E-state index contributed by atoms with van der Waals surface area (Å²) >= 11 is 1.16. The van der Waals surface area contributed by atoms with Gasteiger partial charge in [0.1, 0.15) is 11.3 Å². The van der Waals surface area contributed by atoms with E-state index in [0.29, 0.717) is 16.3 Å². The van der Waals surface area contributed by atoms with Gasteiger partial charge in [0.25, 0.3) is 5.78 Å². The van der Waals surface area contributed by atoms with E-state index in [4.69, 9.17) is 0 Å². The van der Waals surface area contributed by atoms with Gasteiger partial charge in [-0.05, 0) is 12.5 Å². The van der Waals surface area contributed by atoms with E-state index in [9.17, 15) is 14.7 Å². The third kappa shape index (κ3) is 2.92. The molecular formula is C20H15N3O3S. The number of carbonyl (C=O) groups is 2. The Balaban J connectivity index is 1.94. The lowest BCUT2D eigenvalue weighted by molar-refractivity contribution is -0.132. The maximum absolute atomic E-state index is 12.8. The maximum atomic E-state index is 12.8. The van der Waals surface area contributed by atoms with E-state index in [1.807, 2.05) is 37.3 Å². The van der Waals surface area contributed by atoms with Crippen LogP contribution in [-0.2, 0) is 9.59 Å². The summed E-state index contributed by atoms with van der Waals surface area (Å²) in [5.74, 6) is -1.67. The number of aromatic nitrogens is 2. The topological polar surface area (TPSA) is 83.4 Å². The normalized spacial score (nSPS) is 18.9. The van der Waals surface area contributed by atoms with Gasteiger partial charge in [0.05, 0.1) is 11.6 Å². The number of amides is 1. The number of hydrogen-bond donors (Lipinski definition) is 1. The Morgan fingerprint density at radius 1 is 1.07 bits per heavy atom. The molecule has 0 aliphatic carbocycles. The second kappa shape index (κ2) is 6.77. The molecule has 6 nitrogen and oxygen atoms in total. The second-order valence-electron chi connectivity index (χ2n) is 6.17. The molecule has 1 aromatic heterocycles. The highest BCUT2D eigenvalue weighted by molar-refractivity contribution is 7.13. The van der Waals surface area contributed by atoms with Crippen molar-refractivity contribution >= 4 is 33.9 Å². The summed E-state index contributed by atoms with van der Waals surface area (Å²) < 4.78 is 0. The summed E-state index contributed by atoms with van der Waals surface area (Å²) in [6.45, 7) is 1.95. The van der Waals surface area contributed by atoms with E-state index in [-0.39, 0.29) is 11.3 Å². The highest BCUT2D eigenvalue weighted by Gasteiger charge is 2.48. The molecule has 1 atom stereocenters. The quantitative estimate of drug-likeness (QED) is 0.429. The van der Waals surface area contributed by atoms with Crippen LogP contribution in [-0.4, -0.2) is 27.0 Å². The number of hydrogen-bond acceptors (Lipinski definition) is 6. The molecule has 27 heavy (non-hydrogen) atoms. The molecule has 3 aromatic rings. The molecule has 1 amide bonds. The first-order valence-electron chi connectivity index (χ1n) is 8.27. The summed E-state index contributed by atoms with van der Waals surface area (Å²) in [7, 11) is 0. The number of ketones is 1. The highest BCUT2D eigenvalue weighted by Crippen LogP contribution is 2.42. The number of carbonyl (C=O) groups excluding carboxylic acids is 2. The second-order valence-corrected chi connectivity index (χ2v) is 6.98. The fraction of sp³-hybridized carbons (Fsp3) is 0.100. The molecular weight excluding hydrogens is 362 g/mol. The van der Waals surface area contributed by atoms with Crippen LogP contribution in [0.3, 0.4) is 0 Å². The van der Waals surface area contributed by atoms with Crippen LogP contribution >= 0.6 is 11.3 Å². The van der Waals surface area contributed by atoms with Crippen LogP contribution in [0.15, 0.2) is 65.7 Å². The number of Topliss-reactive ketones (excluding diaryl/α,β-unsaturated/α-hetero) is 1. The van der Waals surface area contributed by atoms with E-state index in [2.05, 4.69) is 10.2 Å². The van der Waals surface area contributed by atoms with Gasteiger partial charge in [0.15, 0.2) is 0 Å². The lowest BCUT2D eigenvalue weighted by Gasteiger charge is -2.22. The number of anilines is 1. The number of aryl methyl sites for hydroxylation is 1. The third-order valence-corrected chi connectivity index (χ3v) is 5.13. The Morgan fingerprint density at radius 2 is 1.78 bits per heavy atom. The first kappa shape index (κ1) is 17.1. The molecule has 2 aromatic carbocycles. The monoisotopic (exact) mass is 377 g/mol. The zero-order chi connectivity index (χ0) is 19.0. The Labute approximate surface area is 159 Å². The number of rotatable bonds is 3. The van der Waals surface area contributed by atoms with Gasteiger partial charge in [-0.2, -0.15) is 0 Å². The lowest BCUT2D eigenvalue weighted by atomic mass is 9.95. The summed E-state index contributed by atoms with van der Waals surface area (Å²) in [6.07, 6.45) is 0. The van der Waals surface area contributed by atoms with Gasteiger partial charge in [-0.1, -0.05) is 71.5 Å².